The van der Waals surface area contributed by atoms with E-state index in [0.29, 0.717) is 28.7 Å². The van der Waals surface area contributed by atoms with Gasteiger partial charge in [-0.25, -0.2) is 9.48 Å². The summed E-state index contributed by atoms with van der Waals surface area (Å²) in [6.45, 7) is 2.32. The standard InChI is InChI=1S/C22H20N4O4/c1-14-11-18-17(13-23-14)19(20(27)30-3)24-26(18)16-6-4-5-15(12-16)7-8-22(29)9-10-25(2)21(22)28/h4-6,11-13,29H,9-10H2,1-3H3. The number of carbonyl (C=O) groups excluding carboxylic acids is 2. The minimum absolute atomic E-state index is 0.172. The molecule has 1 N–H and O–H groups in total. The molecule has 3 heterocycles. The van der Waals surface area contributed by atoms with Crippen LogP contribution in [0.3, 0.4) is 0 Å². The van der Waals surface area contributed by atoms with Gasteiger partial charge in [-0.2, -0.15) is 5.10 Å². The van der Waals surface area contributed by atoms with Crippen LogP contribution in [0.25, 0.3) is 16.6 Å². The van der Waals surface area contributed by atoms with Crippen LogP contribution in [0.15, 0.2) is 36.5 Å². The van der Waals surface area contributed by atoms with E-state index in [1.807, 2.05) is 19.1 Å². The van der Waals surface area contributed by atoms with Crippen molar-refractivity contribution in [3.63, 3.8) is 0 Å². The Hall–Kier alpha value is -3.70. The number of rotatable bonds is 2. The normalized spacial score (nSPS) is 18.4. The van der Waals surface area contributed by atoms with Crippen LogP contribution in [-0.4, -0.2) is 63.0 Å². The quantitative estimate of drug-likeness (QED) is 0.513. The number of carbonyl (C=O) groups is 2. The Morgan fingerprint density at radius 2 is 2.13 bits per heavy atom. The highest BCUT2D eigenvalue weighted by atomic mass is 16.5. The third kappa shape index (κ3) is 3.29. The van der Waals surface area contributed by atoms with Crippen molar-refractivity contribution in [2.24, 2.45) is 0 Å². The molecule has 152 valence electrons. The lowest BCUT2D eigenvalue weighted by Gasteiger charge is -2.13. The fourth-order valence-electron chi connectivity index (χ4n) is 3.42. The highest BCUT2D eigenvalue weighted by Crippen LogP contribution is 2.24. The summed E-state index contributed by atoms with van der Waals surface area (Å²) in [6, 6.07) is 9.03. The summed E-state index contributed by atoms with van der Waals surface area (Å²) in [5.74, 6) is 4.67. The van der Waals surface area contributed by atoms with Gasteiger partial charge in [0.05, 0.1) is 23.7 Å². The summed E-state index contributed by atoms with van der Waals surface area (Å²) in [6.07, 6.45) is 1.87. The molecule has 8 nitrogen and oxygen atoms in total. The maximum absolute atomic E-state index is 12.2. The Kier molecular flexibility index (Phi) is 4.76. The third-order valence-electron chi connectivity index (χ3n) is 5.09. The summed E-state index contributed by atoms with van der Waals surface area (Å²) in [5, 5.41) is 15.5. The van der Waals surface area contributed by atoms with Gasteiger partial charge in [-0.1, -0.05) is 17.9 Å². The number of fused-ring (bicyclic) bond motifs is 1. The highest BCUT2D eigenvalue weighted by molar-refractivity contribution is 6.02. The maximum atomic E-state index is 12.2. The van der Waals surface area contributed by atoms with Crippen molar-refractivity contribution < 1.29 is 19.4 Å². The zero-order chi connectivity index (χ0) is 21.5. The smallest absolute Gasteiger partial charge is 0.359 e. The molecule has 1 saturated heterocycles. The molecular formula is C22H20N4O4. The maximum Gasteiger partial charge on any atom is 0.359 e. The van der Waals surface area contributed by atoms with Crippen molar-refractivity contribution in [1.29, 1.82) is 0 Å². The molecule has 1 aromatic carbocycles. The highest BCUT2D eigenvalue weighted by Gasteiger charge is 2.42. The van der Waals surface area contributed by atoms with Gasteiger partial charge in [-0.3, -0.25) is 9.78 Å². The topological polar surface area (TPSA) is 97.5 Å². The second kappa shape index (κ2) is 7.28. The number of likely N-dealkylation sites (tertiary alicyclic amines) is 1. The first-order valence-electron chi connectivity index (χ1n) is 9.37. The molecule has 0 bridgehead atoms. The number of nitrogens with zero attached hydrogens (tertiary/aromatic N) is 4. The molecule has 30 heavy (non-hydrogen) atoms. The van der Waals surface area contributed by atoms with Gasteiger partial charge in [-0.15, -0.1) is 0 Å². The number of likely N-dealkylation sites (N-methyl/N-ethyl adjacent to an activating group) is 1. The second-order valence-corrected chi connectivity index (χ2v) is 7.23. The molecule has 1 unspecified atom stereocenters. The van der Waals surface area contributed by atoms with Crippen LogP contribution in [0, 0.1) is 18.8 Å². The van der Waals surface area contributed by atoms with Crippen molar-refractivity contribution in [3.05, 3.63) is 53.5 Å². The number of ether oxygens (including phenoxy) is 1. The molecule has 1 aliphatic heterocycles. The molecule has 2 aromatic heterocycles. The van der Waals surface area contributed by atoms with Gasteiger partial charge in [-0.05, 0) is 31.2 Å². The molecule has 1 aliphatic rings. The first kappa shape index (κ1) is 19.6. The van der Waals surface area contributed by atoms with Crippen molar-refractivity contribution in [1.82, 2.24) is 19.7 Å². The number of esters is 1. The van der Waals surface area contributed by atoms with Crippen LogP contribution < -0.4 is 0 Å². The van der Waals surface area contributed by atoms with E-state index in [0.717, 1.165) is 5.69 Å². The van der Waals surface area contributed by atoms with Crippen LogP contribution in [0.5, 0.6) is 0 Å². The zero-order valence-corrected chi connectivity index (χ0v) is 16.8. The van der Waals surface area contributed by atoms with Gasteiger partial charge in [0.25, 0.3) is 5.91 Å². The molecule has 4 rings (SSSR count). The number of hydrogen-bond acceptors (Lipinski definition) is 6. The minimum Gasteiger partial charge on any atom is -0.464 e. The summed E-state index contributed by atoms with van der Waals surface area (Å²) < 4.78 is 6.47. The van der Waals surface area contributed by atoms with Gasteiger partial charge < -0.3 is 14.7 Å². The minimum atomic E-state index is -1.66. The van der Waals surface area contributed by atoms with E-state index in [-0.39, 0.29) is 12.1 Å². The Bertz CT molecular complexity index is 1240. The number of hydrogen-bond donors (Lipinski definition) is 1. The predicted octanol–water partition coefficient (Wildman–Crippen LogP) is 1.46. The number of amides is 1. The number of aliphatic hydroxyl groups is 1. The number of pyridine rings is 1. The number of benzene rings is 1. The Morgan fingerprint density at radius 3 is 2.83 bits per heavy atom. The molecule has 0 radical (unpaired) electrons. The van der Waals surface area contributed by atoms with Crippen LogP contribution in [0.2, 0.25) is 0 Å². The van der Waals surface area contributed by atoms with E-state index in [1.165, 1.54) is 12.0 Å². The Balaban J connectivity index is 1.78. The number of aromatic nitrogens is 3. The summed E-state index contributed by atoms with van der Waals surface area (Å²) >= 11 is 0. The lowest BCUT2D eigenvalue weighted by atomic mass is 10.0. The lowest BCUT2D eigenvalue weighted by molar-refractivity contribution is -0.137. The van der Waals surface area contributed by atoms with Gasteiger partial charge in [0.1, 0.15) is 0 Å². The Morgan fingerprint density at radius 1 is 1.33 bits per heavy atom. The van der Waals surface area contributed by atoms with Gasteiger partial charge in [0.15, 0.2) is 5.69 Å². The molecule has 1 amide bonds. The molecule has 1 atom stereocenters. The van der Waals surface area contributed by atoms with E-state index in [4.69, 9.17) is 4.74 Å². The van der Waals surface area contributed by atoms with Crippen LogP contribution in [0.1, 0.15) is 28.2 Å². The first-order chi connectivity index (χ1) is 14.3. The monoisotopic (exact) mass is 404 g/mol. The molecule has 0 spiro atoms. The molecule has 0 aliphatic carbocycles. The summed E-state index contributed by atoms with van der Waals surface area (Å²) in [5.41, 5.74) is 1.28. The average Bonchev–Trinajstić information content (AvgIpc) is 3.25. The summed E-state index contributed by atoms with van der Waals surface area (Å²) in [4.78, 5) is 30.0. The molecular weight excluding hydrogens is 384 g/mol. The number of aryl methyl sites for hydroxylation is 1. The first-order valence-corrected chi connectivity index (χ1v) is 9.37. The van der Waals surface area contributed by atoms with Crippen molar-refractivity contribution >= 4 is 22.8 Å². The Labute approximate surface area is 173 Å². The summed E-state index contributed by atoms with van der Waals surface area (Å²) in [7, 11) is 2.94. The fraction of sp³-hybridized carbons (Fsp3) is 0.273. The SMILES string of the molecule is COC(=O)c1nn(-c2cccc(C#CC3(O)CCN(C)C3=O)c2)c2cc(C)ncc12. The molecule has 3 aromatic rings. The fourth-order valence-corrected chi connectivity index (χ4v) is 3.42. The molecule has 0 saturated carbocycles. The van der Waals surface area contributed by atoms with E-state index in [2.05, 4.69) is 21.9 Å². The molecule has 1 fully saturated rings. The lowest BCUT2D eigenvalue weighted by Crippen LogP contribution is -2.37. The molecule has 8 heteroatoms. The van der Waals surface area contributed by atoms with Crippen molar-refractivity contribution in [2.45, 2.75) is 18.9 Å². The van der Waals surface area contributed by atoms with Crippen LogP contribution in [-0.2, 0) is 9.53 Å². The number of methoxy groups -OCH3 is 1. The van der Waals surface area contributed by atoms with Crippen LogP contribution >= 0.6 is 0 Å². The van der Waals surface area contributed by atoms with E-state index in [1.54, 1.807) is 36.1 Å². The van der Waals surface area contributed by atoms with E-state index < -0.39 is 17.5 Å². The largest absolute Gasteiger partial charge is 0.464 e. The van der Waals surface area contributed by atoms with E-state index in [9.17, 15) is 14.7 Å². The second-order valence-electron chi connectivity index (χ2n) is 7.23. The zero-order valence-electron chi connectivity index (χ0n) is 16.8. The van der Waals surface area contributed by atoms with Crippen LogP contribution in [0.4, 0.5) is 0 Å². The average molecular weight is 404 g/mol. The van der Waals surface area contributed by atoms with Gasteiger partial charge in [0, 0.05) is 37.5 Å². The van der Waals surface area contributed by atoms with Gasteiger partial charge in [0.2, 0.25) is 5.60 Å². The van der Waals surface area contributed by atoms with Crippen molar-refractivity contribution in [2.75, 3.05) is 20.7 Å². The van der Waals surface area contributed by atoms with Gasteiger partial charge >= 0.3 is 5.97 Å². The third-order valence-corrected chi connectivity index (χ3v) is 5.09. The van der Waals surface area contributed by atoms with E-state index >= 15 is 0 Å². The van der Waals surface area contributed by atoms with Crippen molar-refractivity contribution in [3.8, 4) is 17.5 Å². The predicted molar refractivity (Wildman–Crippen MR) is 109 cm³/mol.